The largest absolute Gasteiger partial charge is 0.207 e. The summed E-state index contributed by atoms with van der Waals surface area (Å²) in [4.78, 5) is 0. The van der Waals surface area contributed by atoms with Crippen molar-refractivity contribution in [2.45, 2.75) is 97.4 Å². The Balaban J connectivity index is 0.000000258. The minimum absolute atomic E-state index is 0. The zero-order chi connectivity index (χ0) is 24.2. The van der Waals surface area contributed by atoms with Crippen molar-refractivity contribution < 1.29 is 23.3 Å². The molecule has 3 aromatic carbocycles. The van der Waals surface area contributed by atoms with Gasteiger partial charge < -0.3 is 0 Å². The second-order valence-corrected chi connectivity index (χ2v) is 18.8. The summed E-state index contributed by atoms with van der Waals surface area (Å²) in [7, 11) is 0. The van der Waals surface area contributed by atoms with Gasteiger partial charge in [0.15, 0.2) is 0 Å². The van der Waals surface area contributed by atoms with Crippen molar-refractivity contribution in [1.29, 1.82) is 0 Å². The van der Waals surface area contributed by atoms with Crippen LogP contribution in [0.25, 0.3) is 0 Å². The van der Waals surface area contributed by atoms with Gasteiger partial charge in [0.1, 0.15) is 0 Å². The number of hydrogen-bond donors (Lipinski definition) is 0. The molecule has 2 aliphatic rings. The fraction of sp³-hybridized carbons (Fsp3) is 0.484. The van der Waals surface area contributed by atoms with Crippen LogP contribution in [-0.4, -0.2) is 5.43 Å². The van der Waals surface area contributed by atoms with Crippen LogP contribution in [0.4, 0.5) is 0 Å². The maximum absolute atomic E-state index is 2.37. The molecule has 0 saturated heterocycles. The molecule has 0 aromatic heterocycles. The third kappa shape index (κ3) is 8.84. The molecule has 190 valence electrons. The van der Waals surface area contributed by atoms with Gasteiger partial charge >= 0.3 is 70.8 Å². The molecule has 0 heterocycles. The Bertz CT molecular complexity index is 1010. The predicted molar refractivity (Wildman–Crippen MR) is 158 cm³/mol. The van der Waals surface area contributed by atoms with Crippen LogP contribution in [0.3, 0.4) is 0 Å². The van der Waals surface area contributed by atoms with Gasteiger partial charge in [0.05, 0.1) is 0 Å². The van der Waals surface area contributed by atoms with Crippen LogP contribution in [-0.2, 0) is 47.0 Å². The van der Waals surface area contributed by atoms with Crippen molar-refractivity contribution in [2.24, 2.45) is 0 Å². The van der Waals surface area contributed by atoms with Crippen molar-refractivity contribution in [3.8, 4) is 0 Å². The molecule has 0 bridgehead atoms. The molecule has 5 rings (SSSR count). The molecule has 0 saturated carbocycles. The van der Waals surface area contributed by atoms with Crippen molar-refractivity contribution in [1.82, 2.24) is 0 Å². The van der Waals surface area contributed by atoms with E-state index < -0.39 is 0 Å². The topological polar surface area (TPSA) is 0 Å². The number of halogens is 2. The molecule has 0 amide bonds. The average Bonchev–Trinajstić information content (AvgIpc) is 3.33. The monoisotopic (exact) mass is 604 g/mol. The fourth-order valence-corrected chi connectivity index (χ4v) is 7.42. The maximum atomic E-state index is 2.37. The van der Waals surface area contributed by atoms with Crippen LogP contribution in [0.2, 0.25) is 6.55 Å². The first-order chi connectivity index (χ1) is 15.5. The molecule has 2 aliphatic carbocycles. The molecule has 0 nitrogen and oxygen atoms in total. The number of rotatable bonds is 1. The summed E-state index contributed by atoms with van der Waals surface area (Å²) in [6, 6.07) is 20.2. The summed E-state index contributed by atoms with van der Waals surface area (Å²) in [5.74, 6) is 0. The summed E-state index contributed by atoms with van der Waals surface area (Å²) in [6.07, 6.45) is 8.03. The summed E-state index contributed by atoms with van der Waals surface area (Å²) in [6.45, 7) is 16.2. The van der Waals surface area contributed by atoms with Crippen LogP contribution < -0.4 is 5.19 Å². The molecule has 4 heteroatoms. The van der Waals surface area contributed by atoms with E-state index in [2.05, 4.69) is 103 Å². The van der Waals surface area contributed by atoms with E-state index in [-0.39, 0.29) is 30.2 Å². The first-order valence-electron chi connectivity index (χ1n) is 12.6. The molecular weight excluding hydrogens is 563 g/mol. The Hall–Kier alpha value is -0.400. The van der Waals surface area contributed by atoms with Gasteiger partial charge in [0, 0.05) is 0 Å². The number of fused-ring (bicyclic) bond motifs is 2. The Kier molecular flexibility index (Phi) is 13.0. The van der Waals surface area contributed by atoms with Gasteiger partial charge in [0.25, 0.3) is 0 Å². The van der Waals surface area contributed by atoms with E-state index in [9.17, 15) is 0 Å². The van der Waals surface area contributed by atoms with Gasteiger partial charge in [-0.3, -0.25) is 0 Å². The van der Waals surface area contributed by atoms with Gasteiger partial charge in [-0.1, -0.05) is 90.9 Å². The van der Waals surface area contributed by atoms with Gasteiger partial charge in [-0.2, -0.15) is 45.5 Å². The minimum atomic E-state index is -0.122. The number of benzene rings is 1. The van der Waals surface area contributed by atoms with Crippen LogP contribution >= 0.6 is 24.8 Å². The maximum Gasteiger partial charge on any atom is -0.0511 e. The Morgan fingerprint density at radius 2 is 1.14 bits per heavy atom. The Morgan fingerprint density at radius 1 is 0.743 bits per heavy atom. The molecule has 0 atom stereocenters. The van der Waals surface area contributed by atoms with Gasteiger partial charge in [-0.25, -0.2) is 12.1 Å². The van der Waals surface area contributed by atoms with E-state index in [1.165, 1.54) is 49.7 Å². The zero-order valence-electron chi connectivity index (χ0n) is 22.8. The van der Waals surface area contributed by atoms with Crippen LogP contribution in [0, 0.1) is 13.8 Å². The van der Waals surface area contributed by atoms with Crippen LogP contribution in [0.15, 0.2) is 54.6 Å². The summed E-state index contributed by atoms with van der Waals surface area (Å²) in [5.41, 5.74) is 10.0. The van der Waals surface area contributed by atoms with E-state index in [0.29, 0.717) is 10.8 Å². The van der Waals surface area contributed by atoms with Crippen molar-refractivity contribution in [3.63, 3.8) is 0 Å². The SMILES string of the molecule is C[Si](=[Zr+2])c1ccccc1.Cc1cc2c([cH-]1)CCCC2(C)C.Cc1cc2c([cH-]1)CCCC2(C)C.Cl.Cl. The fourth-order valence-electron chi connectivity index (χ4n) is 5.50. The van der Waals surface area contributed by atoms with E-state index in [0.717, 1.165) is 0 Å². The summed E-state index contributed by atoms with van der Waals surface area (Å²) < 4.78 is 0. The Morgan fingerprint density at radius 3 is 1.46 bits per heavy atom. The van der Waals surface area contributed by atoms with Crippen LogP contribution in [0.5, 0.6) is 0 Å². The molecular formula is C31H44Cl2SiZr. The standard InChI is InChI=1S/2C12H17.C7H8Si.2ClH.Zr/c2*1-9-7-10-5-4-6-12(2,3)11(10)8-9;1-8-7-5-3-2-4-6-7;;;/h2*7-8H,4-6H2,1-3H3;2-6H,1H3;2*1H;/q2*-1;;;;+2. The van der Waals surface area contributed by atoms with E-state index in [1.54, 1.807) is 50.8 Å². The third-order valence-electron chi connectivity index (χ3n) is 7.40. The summed E-state index contributed by atoms with van der Waals surface area (Å²) in [5, 5.41) is 1.56. The zero-order valence-corrected chi connectivity index (χ0v) is 27.8. The third-order valence-corrected chi connectivity index (χ3v) is 10.7. The van der Waals surface area contributed by atoms with Crippen molar-refractivity contribution in [2.75, 3.05) is 0 Å². The smallest absolute Gasteiger partial charge is 0.0511 e. The van der Waals surface area contributed by atoms with E-state index in [4.69, 9.17) is 0 Å². The molecule has 35 heavy (non-hydrogen) atoms. The van der Waals surface area contributed by atoms with E-state index in [1.807, 2.05) is 0 Å². The van der Waals surface area contributed by atoms with E-state index >= 15 is 0 Å². The molecule has 0 N–H and O–H groups in total. The van der Waals surface area contributed by atoms with Gasteiger partial charge in [-0.15, -0.1) is 24.8 Å². The molecule has 3 aromatic rings. The molecule has 0 aliphatic heterocycles. The number of aryl methyl sites for hydroxylation is 4. The quantitative estimate of drug-likeness (QED) is 0.192. The predicted octanol–water partition coefficient (Wildman–Crippen LogP) is 8.56. The van der Waals surface area contributed by atoms with Crippen molar-refractivity contribution in [3.05, 3.63) is 88.0 Å². The van der Waals surface area contributed by atoms with Gasteiger partial charge in [0.2, 0.25) is 0 Å². The van der Waals surface area contributed by atoms with Crippen molar-refractivity contribution >= 4 is 35.4 Å². The average molecular weight is 607 g/mol. The molecule has 0 unspecified atom stereocenters. The van der Waals surface area contributed by atoms with Crippen LogP contribution in [0.1, 0.15) is 86.8 Å². The second kappa shape index (κ2) is 13.9. The normalized spacial score (nSPS) is 16.5. The molecule has 0 fully saturated rings. The first kappa shape index (κ1) is 32.6. The summed E-state index contributed by atoms with van der Waals surface area (Å²) >= 11 is 1.69. The first-order valence-corrected chi connectivity index (χ1v) is 18.3. The molecule has 0 spiro atoms. The van der Waals surface area contributed by atoms with Gasteiger partial charge in [-0.05, 0) is 0 Å². The molecule has 0 radical (unpaired) electrons. The number of hydrogen-bond acceptors (Lipinski definition) is 0. The Labute approximate surface area is 242 Å². The second-order valence-electron chi connectivity index (χ2n) is 11.4. The minimum Gasteiger partial charge on any atom is -0.207 e.